The molecule has 2 fully saturated rings. The fraction of sp³-hybridized carbons (Fsp3) is 0.625. The molecule has 1 aromatic rings. The van der Waals surface area contributed by atoms with Gasteiger partial charge in [-0.2, -0.15) is 0 Å². The van der Waals surface area contributed by atoms with E-state index in [1.807, 2.05) is 18.2 Å². The van der Waals surface area contributed by atoms with E-state index in [2.05, 4.69) is 16.4 Å². The van der Waals surface area contributed by atoms with Crippen LogP contribution in [-0.4, -0.2) is 36.7 Å². The highest BCUT2D eigenvalue weighted by Crippen LogP contribution is 2.44. The van der Waals surface area contributed by atoms with Crippen LogP contribution in [-0.2, 0) is 4.74 Å². The molecular weight excluding hydrogens is 286 g/mol. The van der Waals surface area contributed by atoms with E-state index in [9.17, 15) is 0 Å². The number of hydrazine groups is 1. The predicted octanol–water partition coefficient (Wildman–Crippen LogP) is 2.49. The normalized spacial score (nSPS) is 24.1. The number of morpholine rings is 1. The average molecular weight is 310 g/mol. The van der Waals surface area contributed by atoms with Crippen LogP contribution in [0.15, 0.2) is 24.3 Å². The molecule has 1 aliphatic heterocycles. The van der Waals surface area contributed by atoms with E-state index >= 15 is 0 Å². The molecule has 116 valence electrons. The molecule has 0 amide bonds. The van der Waals surface area contributed by atoms with Crippen molar-refractivity contribution in [2.24, 2.45) is 5.84 Å². The summed E-state index contributed by atoms with van der Waals surface area (Å²) in [5, 5.41) is 0.767. The molecule has 1 atom stereocenters. The minimum absolute atomic E-state index is 0.0865. The van der Waals surface area contributed by atoms with E-state index < -0.39 is 0 Å². The Bertz CT molecular complexity index is 470. The van der Waals surface area contributed by atoms with Gasteiger partial charge in [-0.3, -0.25) is 16.2 Å². The predicted molar refractivity (Wildman–Crippen MR) is 85.1 cm³/mol. The van der Waals surface area contributed by atoms with E-state index in [0.717, 1.165) is 31.3 Å². The molecular formula is C16H24ClN3O. The molecule has 21 heavy (non-hydrogen) atoms. The van der Waals surface area contributed by atoms with Crippen molar-refractivity contribution >= 4 is 11.6 Å². The molecule has 2 aliphatic rings. The highest BCUT2D eigenvalue weighted by Gasteiger charge is 2.46. The molecule has 0 spiro atoms. The third-order valence-corrected chi connectivity index (χ3v) is 5.23. The van der Waals surface area contributed by atoms with Gasteiger partial charge in [0.1, 0.15) is 0 Å². The average Bonchev–Trinajstić information content (AvgIpc) is 3.00. The lowest BCUT2D eigenvalue weighted by Crippen LogP contribution is -2.59. The van der Waals surface area contributed by atoms with Crippen LogP contribution in [0.25, 0.3) is 0 Å². The lowest BCUT2D eigenvalue weighted by Gasteiger charge is -2.48. The summed E-state index contributed by atoms with van der Waals surface area (Å²) in [5.74, 6) is 5.98. The Hall–Kier alpha value is -0.650. The molecule has 3 rings (SSSR count). The van der Waals surface area contributed by atoms with Crippen LogP contribution in [0.5, 0.6) is 0 Å². The summed E-state index contributed by atoms with van der Waals surface area (Å²) in [5.41, 5.74) is 4.35. The van der Waals surface area contributed by atoms with E-state index in [1.54, 1.807) is 0 Å². The summed E-state index contributed by atoms with van der Waals surface area (Å²) in [6.07, 6.45) is 4.87. The molecule has 0 radical (unpaired) electrons. The molecule has 1 aromatic carbocycles. The Morgan fingerprint density at radius 1 is 1.24 bits per heavy atom. The molecule has 1 heterocycles. The van der Waals surface area contributed by atoms with Crippen molar-refractivity contribution in [2.45, 2.75) is 37.3 Å². The van der Waals surface area contributed by atoms with Gasteiger partial charge in [0, 0.05) is 23.7 Å². The van der Waals surface area contributed by atoms with Crippen molar-refractivity contribution in [3.63, 3.8) is 0 Å². The van der Waals surface area contributed by atoms with Gasteiger partial charge in [-0.25, -0.2) is 0 Å². The molecule has 5 heteroatoms. The zero-order chi connectivity index (χ0) is 14.7. The second kappa shape index (κ2) is 6.63. The zero-order valence-corrected chi connectivity index (χ0v) is 13.1. The summed E-state index contributed by atoms with van der Waals surface area (Å²) in [7, 11) is 0. The van der Waals surface area contributed by atoms with E-state index in [0.29, 0.717) is 0 Å². The van der Waals surface area contributed by atoms with Crippen LogP contribution in [0.4, 0.5) is 0 Å². The molecule has 1 unspecified atom stereocenters. The van der Waals surface area contributed by atoms with Gasteiger partial charge in [-0.1, -0.05) is 36.6 Å². The molecule has 1 aliphatic carbocycles. The first-order chi connectivity index (χ1) is 10.3. The van der Waals surface area contributed by atoms with Crippen LogP contribution in [0.3, 0.4) is 0 Å². The smallest absolute Gasteiger partial charge is 0.0644 e. The lowest BCUT2D eigenvalue weighted by atomic mass is 9.82. The quantitative estimate of drug-likeness (QED) is 0.663. The minimum atomic E-state index is 0.0865. The van der Waals surface area contributed by atoms with Crippen LogP contribution < -0.4 is 11.3 Å². The maximum absolute atomic E-state index is 6.18. The second-order valence-electron chi connectivity index (χ2n) is 6.06. The Morgan fingerprint density at radius 2 is 1.95 bits per heavy atom. The number of nitrogens with zero attached hydrogens (tertiary/aromatic N) is 1. The Labute approximate surface area is 131 Å². The zero-order valence-electron chi connectivity index (χ0n) is 12.4. The molecule has 0 bridgehead atoms. The number of hydrogen-bond donors (Lipinski definition) is 2. The minimum Gasteiger partial charge on any atom is -0.379 e. The van der Waals surface area contributed by atoms with Crippen molar-refractivity contribution in [3.8, 4) is 0 Å². The summed E-state index contributed by atoms with van der Waals surface area (Å²) in [6.45, 7) is 3.60. The Kier molecular flexibility index (Phi) is 4.82. The van der Waals surface area contributed by atoms with Gasteiger partial charge in [0.25, 0.3) is 0 Å². The van der Waals surface area contributed by atoms with E-state index in [4.69, 9.17) is 22.2 Å². The van der Waals surface area contributed by atoms with Gasteiger partial charge >= 0.3 is 0 Å². The number of halogens is 1. The van der Waals surface area contributed by atoms with Crippen molar-refractivity contribution in [1.82, 2.24) is 10.3 Å². The molecule has 1 saturated heterocycles. The van der Waals surface area contributed by atoms with Crippen LogP contribution in [0.1, 0.15) is 37.3 Å². The fourth-order valence-corrected chi connectivity index (χ4v) is 4.23. The molecule has 3 N–H and O–H groups in total. The first kappa shape index (κ1) is 15.3. The van der Waals surface area contributed by atoms with Crippen molar-refractivity contribution in [1.29, 1.82) is 0 Å². The van der Waals surface area contributed by atoms with Crippen molar-refractivity contribution in [2.75, 3.05) is 26.3 Å². The van der Waals surface area contributed by atoms with E-state index in [1.165, 1.54) is 31.2 Å². The van der Waals surface area contributed by atoms with Crippen molar-refractivity contribution < 1.29 is 4.74 Å². The number of hydrogen-bond acceptors (Lipinski definition) is 4. The Balaban J connectivity index is 1.93. The molecule has 4 nitrogen and oxygen atoms in total. The monoisotopic (exact) mass is 309 g/mol. The topological polar surface area (TPSA) is 50.5 Å². The molecule has 1 saturated carbocycles. The highest BCUT2D eigenvalue weighted by molar-refractivity contribution is 6.30. The third kappa shape index (κ3) is 2.96. The van der Waals surface area contributed by atoms with Gasteiger partial charge in [0.15, 0.2) is 0 Å². The summed E-state index contributed by atoms with van der Waals surface area (Å²) < 4.78 is 5.53. The maximum Gasteiger partial charge on any atom is 0.0644 e. The van der Waals surface area contributed by atoms with Gasteiger partial charge < -0.3 is 4.74 Å². The van der Waals surface area contributed by atoms with Gasteiger partial charge in [0.05, 0.1) is 19.3 Å². The summed E-state index contributed by atoms with van der Waals surface area (Å²) >= 11 is 6.18. The Morgan fingerprint density at radius 3 is 2.57 bits per heavy atom. The number of nitrogens with one attached hydrogen (secondary N) is 1. The summed E-state index contributed by atoms with van der Waals surface area (Å²) in [4.78, 5) is 2.58. The van der Waals surface area contributed by atoms with Crippen LogP contribution >= 0.6 is 11.6 Å². The van der Waals surface area contributed by atoms with Crippen LogP contribution in [0.2, 0.25) is 5.02 Å². The van der Waals surface area contributed by atoms with E-state index in [-0.39, 0.29) is 11.6 Å². The number of nitrogens with two attached hydrogens (primary N) is 1. The number of rotatable bonds is 4. The number of benzene rings is 1. The van der Waals surface area contributed by atoms with Gasteiger partial charge in [0.2, 0.25) is 0 Å². The number of ether oxygens (including phenoxy) is 1. The molecule has 0 aromatic heterocycles. The first-order valence-electron chi connectivity index (χ1n) is 7.81. The summed E-state index contributed by atoms with van der Waals surface area (Å²) in [6, 6.07) is 8.18. The second-order valence-corrected chi connectivity index (χ2v) is 6.50. The van der Waals surface area contributed by atoms with Crippen molar-refractivity contribution in [3.05, 3.63) is 34.9 Å². The fourth-order valence-electron chi connectivity index (χ4n) is 4.03. The highest BCUT2D eigenvalue weighted by atomic mass is 35.5. The maximum atomic E-state index is 6.18. The SMILES string of the molecule is NNC(c1cccc(Cl)c1)C1(N2CCOCC2)CCCC1. The third-order valence-electron chi connectivity index (χ3n) is 5.00. The first-order valence-corrected chi connectivity index (χ1v) is 8.18. The van der Waals surface area contributed by atoms with Gasteiger partial charge in [-0.05, 0) is 30.5 Å². The largest absolute Gasteiger partial charge is 0.379 e. The standard InChI is InChI=1S/C16H24ClN3O/c17-14-5-3-4-13(12-14)15(19-18)16(6-1-2-7-16)20-8-10-21-11-9-20/h3-5,12,15,19H,1-2,6-11,18H2. The lowest BCUT2D eigenvalue weighted by molar-refractivity contribution is -0.0364. The van der Waals surface area contributed by atoms with Crippen LogP contribution in [0, 0.1) is 0 Å². The van der Waals surface area contributed by atoms with Gasteiger partial charge in [-0.15, -0.1) is 0 Å².